The van der Waals surface area contributed by atoms with Crippen LogP contribution in [0.1, 0.15) is 12.0 Å². The lowest BCUT2D eigenvalue weighted by atomic mass is 9.89. The third-order valence-electron chi connectivity index (χ3n) is 4.94. The van der Waals surface area contributed by atoms with Gasteiger partial charge in [-0.1, -0.05) is 30.3 Å². The SMILES string of the molecule is O=C(Cc1ccccc1)NC1C(=O)N2C1SCC1CC(=O)OC12C(=O)O. The first-order valence-corrected chi connectivity index (χ1v) is 9.21. The van der Waals surface area contributed by atoms with E-state index >= 15 is 0 Å². The van der Waals surface area contributed by atoms with Crippen LogP contribution in [0, 0.1) is 5.92 Å². The van der Waals surface area contributed by atoms with E-state index in [1.165, 1.54) is 11.8 Å². The van der Waals surface area contributed by atoms with Gasteiger partial charge in [0.25, 0.3) is 11.6 Å². The molecule has 3 aliphatic heterocycles. The Hall–Kier alpha value is -2.55. The Morgan fingerprint density at radius 2 is 2.04 bits per heavy atom. The number of fused-ring (bicyclic) bond motifs is 3. The van der Waals surface area contributed by atoms with Gasteiger partial charge in [-0.15, -0.1) is 11.8 Å². The molecule has 0 aromatic heterocycles. The first kappa shape index (κ1) is 16.9. The largest absolute Gasteiger partial charge is 0.477 e. The maximum Gasteiger partial charge on any atom is 0.370 e. The number of benzene rings is 1. The van der Waals surface area contributed by atoms with Crippen LogP contribution in [0.25, 0.3) is 0 Å². The zero-order valence-corrected chi connectivity index (χ0v) is 14.4. The lowest BCUT2D eigenvalue weighted by molar-refractivity contribution is -0.216. The molecule has 3 heterocycles. The molecule has 3 fully saturated rings. The topological polar surface area (TPSA) is 113 Å². The van der Waals surface area contributed by atoms with Crippen molar-refractivity contribution in [1.82, 2.24) is 10.2 Å². The van der Waals surface area contributed by atoms with Crippen LogP contribution in [-0.4, -0.2) is 56.7 Å². The monoisotopic (exact) mass is 376 g/mol. The summed E-state index contributed by atoms with van der Waals surface area (Å²) in [5, 5.41) is 11.8. The lowest BCUT2D eigenvalue weighted by Crippen LogP contribution is -2.80. The molecule has 2 N–H and O–H groups in total. The Labute approximate surface area is 152 Å². The molecule has 4 atom stereocenters. The molecular formula is C17H16N2O6S. The summed E-state index contributed by atoms with van der Waals surface area (Å²) in [7, 11) is 0. The van der Waals surface area contributed by atoms with Crippen LogP contribution in [0.3, 0.4) is 0 Å². The molecule has 0 aliphatic carbocycles. The van der Waals surface area contributed by atoms with Gasteiger partial charge in [0.2, 0.25) is 5.91 Å². The first-order valence-electron chi connectivity index (χ1n) is 8.17. The third kappa shape index (κ3) is 2.38. The molecule has 3 aliphatic rings. The van der Waals surface area contributed by atoms with Crippen LogP contribution in [0.4, 0.5) is 0 Å². The molecule has 0 saturated carbocycles. The first-order chi connectivity index (χ1) is 12.4. The fourth-order valence-corrected chi connectivity index (χ4v) is 5.28. The number of hydrogen-bond donors (Lipinski definition) is 2. The molecule has 1 aromatic carbocycles. The number of carboxylic acid groups (broad SMARTS) is 1. The van der Waals surface area contributed by atoms with Gasteiger partial charge in [0.1, 0.15) is 11.4 Å². The average molecular weight is 376 g/mol. The van der Waals surface area contributed by atoms with Gasteiger partial charge in [0.15, 0.2) is 0 Å². The van der Waals surface area contributed by atoms with E-state index in [-0.39, 0.29) is 18.7 Å². The van der Waals surface area contributed by atoms with E-state index in [0.29, 0.717) is 5.75 Å². The van der Waals surface area contributed by atoms with E-state index in [0.717, 1.165) is 10.5 Å². The van der Waals surface area contributed by atoms with Crippen LogP contribution in [0.2, 0.25) is 0 Å². The van der Waals surface area contributed by atoms with Crippen LogP contribution >= 0.6 is 11.8 Å². The Balaban J connectivity index is 1.49. The van der Waals surface area contributed by atoms with Crippen molar-refractivity contribution in [2.24, 2.45) is 5.92 Å². The highest BCUT2D eigenvalue weighted by atomic mass is 32.2. The summed E-state index contributed by atoms with van der Waals surface area (Å²) in [4.78, 5) is 49.4. The Kier molecular flexibility index (Phi) is 3.91. The second-order valence-corrected chi connectivity index (χ2v) is 7.67. The quantitative estimate of drug-likeness (QED) is 0.561. The molecule has 4 unspecified atom stereocenters. The number of β-lactam (4-membered cyclic amide) rings is 1. The fourth-order valence-electron chi connectivity index (χ4n) is 3.72. The number of amides is 2. The van der Waals surface area contributed by atoms with Gasteiger partial charge in [-0.3, -0.25) is 19.3 Å². The maximum absolute atomic E-state index is 12.6. The predicted octanol–water partition coefficient (Wildman–Crippen LogP) is -0.0270. The predicted molar refractivity (Wildman–Crippen MR) is 89.7 cm³/mol. The smallest absolute Gasteiger partial charge is 0.370 e. The number of carboxylic acids is 1. The van der Waals surface area contributed by atoms with Crippen molar-refractivity contribution >= 4 is 35.5 Å². The molecule has 136 valence electrons. The van der Waals surface area contributed by atoms with Gasteiger partial charge < -0.3 is 15.2 Å². The highest BCUT2D eigenvalue weighted by Gasteiger charge is 2.71. The van der Waals surface area contributed by atoms with Crippen molar-refractivity contribution in [3.63, 3.8) is 0 Å². The minimum Gasteiger partial charge on any atom is -0.477 e. The summed E-state index contributed by atoms with van der Waals surface area (Å²) >= 11 is 1.36. The zero-order chi connectivity index (χ0) is 18.5. The van der Waals surface area contributed by atoms with E-state index in [4.69, 9.17) is 4.74 Å². The summed E-state index contributed by atoms with van der Waals surface area (Å²) in [5.74, 6) is -3.03. The summed E-state index contributed by atoms with van der Waals surface area (Å²) in [6.07, 6.45) is 0.102. The molecule has 8 nitrogen and oxygen atoms in total. The summed E-state index contributed by atoms with van der Waals surface area (Å²) in [6, 6.07) is 8.30. The van der Waals surface area contributed by atoms with Crippen LogP contribution in [0.5, 0.6) is 0 Å². The number of ether oxygens (including phenoxy) is 1. The molecule has 0 bridgehead atoms. The Morgan fingerprint density at radius 3 is 2.73 bits per heavy atom. The van der Waals surface area contributed by atoms with Crippen molar-refractivity contribution in [2.75, 3.05) is 5.75 Å². The maximum atomic E-state index is 12.6. The number of thioether (sulfide) groups is 1. The van der Waals surface area contributed by atoms with Gasteiger partial charge in [-0.05, 0) is 5.56 Å². The lowest BCUT2D eigenvalue weighted by Gasteiger charge is -2.56. The normalized spacial score (nSPS) is 32.2. The molecule has 9 heteroatoms. The second kappa shape index (κ2) is 6.01. The molecule has 2 amide bonds. The number of carbonyl (C=O) groups is 4. The molecule has 26 heavy (non-hydrogen) atoms. The number of rotatable bonds is 4. The van der Waals surface area contributed by atoms with E-state index < -0.39 is 40.9 Å². The standard InChI is InChI=1S/C17H16N2O6S/c20-11(6-9-4-2-1-3-5-9)18-13-14(22)19-15(13)26-8-10-7-12(21)25-17(10,19)16(23)24/h1-5,10,13,15H,6-8H2,(H,18,20)(H,23,24). The zero-order valence-electron chi connectivity index (χ0n) is 13.6. The minimum absolute atomic E-state index is 0.0270. The number of carbonyl (C=O) groups excluding carboxylic acids is 3. The van der Waals surface area contributed by atoms with Crippen molar-refractivity contribution in [2.45, 2.75) is 30.0 Å². The van der Waals surface area contributed by atoms with E-state index in [1.807, 2.05) is 30.3 Å². The highest BCUT2D eigenvalue weighted by molar-refractivity contribution is 8.00. The van der Waals surface area contributed by atoms with E-state index in [1.54, 1.807) is 0 Å². The number of esters is 1. The molecule has 0 radical (unpaired) electrons. The highest BCUT2D eigenvalue weighted by Crippen LogP contribution is 2.51. The van der Waals surface area contributed by atoms with Gasteiger partial charge in [-0.25, -0.2) is 4.79 Å². The van der Waals surface area contributed by atoms with E-state index in [2.05, 4.69) is 5.32 Å². The molecule has 4 rings (SSSR count). The Bertz CT molecular complexity index is 800. The molecule has 3 saturated heterocycles. The number of aliphatic carboxylic acids is 1. The van der Waals surface area contributed by atoms with Crippen molar-refractivity contribution < 1.29 is 29.0 Å². The van der Waals surface area contributed by atoms with Gasteiger partial charge in [-0.2, -0.15) is 0 Å². The third-order valence-corrected chi connectivity index (χ3v) is 6.35. The summed E-state index contributed by atoms with van der Waals surface area (Å²) in [6.45, 7) is 0. The van der Waals surface area contributed by atoms with Crippen molar-refractivity contribution in [3.8, 4) is 0 Å². The second-order valence-electron chi connectivity index (χ2n) is 6.52. The molecular weight excluding hydrogens is 360 g/mol. The van der Waals surface area contributed by atoms with Gasteiger partial charge in [0, 0.05) is 11.7 Å². The number of hydrogen-bond acceptors (Lipinski definition) is 6. The van der Waals surface area contributed by atoms with Gasteiger partial charge >= 0.3 is 11.9 Å². The van der Waals surface area contributed by atoms with Crippen LogP contribution in [0.15, 0.2) is 30.3 Å². The summed E-state index contributed by atoms with van der Waals surface area (Å²) < 4.78 is 5.11. The molecule has 1 aromatic rings. The van der Waals surface area contributed by atoms with Gasteiger partial charge in [0.05, 0.1) is 12.8 Å². The minimum atomic E-state index is -1.94. The number of nitrogens with one attached hydrogen (secondary N) is 1. The van der Waals surface area contributed by atoms with Crippen molar-refractivity contribution in [3.05, 3.63) is 35.9 Å². The number of nitrogens with zero attached hydrogens (tertiary/aromatic N) is 1. The fraction of sp³-hybridized carbons (Fsp3) is 0.412. The van der Waals surface area contributed by atoms with Crippen LogP contribution in [-0.2, 0) is 30.3 Å². The summed E-state index contributed by atoms with van der Waals surface area (Å²) in [5.41, 5.74) is -1.12. The van der Waals surface area contributed by atoms with E-state index in [9.17, 15) is 24.3 Å². The average Bonchev–Trinajstić information content (AvgIpc) is 2.96. The molecule has 0 spiro atoms. The Morgan fingerprint density at radius 1 is 1.31 bits per heavy atom. The van der Waals surface area contributed by atoms with Crippen LogP contribution < -0.4 is 5.32 Å². The van der Waals surface area contributed by atoms with Crippen molar-refractivity contribution in [1.29, 1.82) is 0 Å².